The normalized spacial score (nSPS) is 11.6. The minimum absolute atomic E-state index is 0.545. The Hall–Kier alpha value is -2.18. The SMILES string of the molecule is Cc1cccc(-n2cc(C(=O)C(F)(F)F)nn2)c1. The minimum Gasteiger partial charge on any atom is -0.282 e. The summed E-state index contributed by atoms with van der Waals surface area (Å²) >= 11 is 0. The highest BCUT2D eigenvalue weighted by Crippen LogP contribution is 2.20. The van der Waals surface area contributed by atoms with Crippen molar-refractivity contribution in [3.05, 3.63) is 41.7 Å². The monoisotopic (exact) mass is 255 g/mol. The van der Waals surface area contributed by atoms with E-state index < -0.39 is 17.7 Å². The van der Waals surface area contributed by atoms with E-state index in [-0.39, 0.29) is 0 Å². The van der Waals surface area contributed by atoms with Crippen molar-refractivity contribution in [3.63, 3.8) is 0 Å². The van der Waals surface area contributed by atoms with Crippen molar-refractivity contribution < 1.29 is 18.0 Å². The first-order valence-corrected chi connectivity index (χ1v) is 4.99. The number of nitrogens with zero attached hydrogens (tertiary/aromatic N) is 3. The number of halogens is 3. The van der Waals surface area contributed by atoms with Crippen molar-refractivity contribution in [1.82, 2.24) is 15.0 Å². The van der Waals surface area contributed by atoms with Crippen LogP contribution in [0.25, 0.3) is 5.69 Å². The molecule has 0 fully saturated rings. The van der Waals surface area contributed by atoms with Gasteiger partial charge in [-0.05, 0) is 24.6 Å². The van der Waals surface area contributed by atoms with Crippen LogP contribution in [0.5, 0.6) is 0 Å². The highest BCUT2D eigenvalue weighted by atomic mass is 19.4. The molecule has 0 unspecified atom stereocenters. The molecule has 1 heterocycles. The molecule has 0 amide bonds. The van der Waals surface area contributed by atoms with Crippen molar-refractivity contribution in [2.75, 3.05) is 0 Å². The fraction of sp³-hybridized carbons (Fsp3) is 0.182. The van der Waals surface area contributed by atoms with Gasteiger partial charge in [0.1, 0.15) is 0 Å². The number of hydrogen-bond donors (Lipinski definition) is 0. The number of rotatable bonds is 2. The molecule has 4 nitrogen and oxygen atoms in total. The number of aromatic nitrogens is 3. The fourth-order valence-electron chi connectivity index (χ4n) is 1.41. The van der Waals surface area contributed by atoms with Gasteiger partial charge in [-0.1, -0.05) is 17.3 Å². The molecular formula is C11H8F3N3O. The van der Waals surface area contributed by atoms with Crippen LogP contribution < -0.4 is 0 Å². The predicted octanol–water partition coefficient (Wildman–Crippen LogP) is 2.32. The summed E-state index contributed by atoms with van der Waals surface area (Å²) in [6.45, 7) is 1.84. The Morgan fingerprint density at radius 1 is 1.33 bits per heavy atom. The summed E-state index contributed by atoms with van der Waals surface area (Å²) < 4.78 is 37.7. The topological polar surface area (TPSA) is 47.8 Å². The van der Waals surface area contributed by atoms with Crippen LogP contribution in [-0.2, 0) is 0 Å². The van der Waals surface area contributed by atoms with E-state index in [0.717, 1.165) is 16.4 Å². The highest BCUT2D eigenvalue weighted by molar-refractivity contribution is 5.98. The second-order valence-electron chi connectivity index (χ2n) is 3.71. The molecule has 94 valence electrons. The average Bonchev–Trinajstić information content (AvgIpc) is 2.75. The number of aryl methyl sites for hydroxylation is 1. The third-order valence-electron chi connectivity index (χ3n) is 2.25. The third kappa shape index (κ3) is 2.39. The lowest BCUT2D eigenvalue weighted by Gasteiger charge is -2.01. The quantitative estimate of drug-likeness (QED) is 0.774. The fourth-order valence-corrected chi connectivity index (χ4v) is 1.41. The van der Waals surface area contributed by atoms with Crippen LogP contribution in [0.3, 0.4) is 0 Å². The second kappa shape index (κ2) is 4.25. The van der Waals surface area contributed by atoms with Crippen molar-refractivity contribution >= 4 is 5.78 Å². The van der Waals surface area contributed by atoms with Crippen molar-refractivity contribution in [2.24, 2.45) is 0 Å². The van der Waals surface area contributed by atoms with Gasteiger partial charge in [-0.15, -0.1) is 5.10 Å². The molecule has 2 aromatic rings. The van der Waals surface area contributed by atoms with Crippen LogP contribution in [0, 0.1) is 6.92 Å². The summed E-state index contributed by atoms with van der Waals surface area (Å²) in [6.07, 6.45) is -3.97. The lowest BCUT2D eigenvalue weighted by Crippen LogP contribution is -2.23. The molecular weight excluding hydrogens is 247 g/mol. The van der Waals surface area contributed by atoms with E-state index in [1.807, 2.05) is 13.0 Å². The first kappa shape index (κ1) is 12.3. The largest absolute Gasteiger partial charge is 0.456 e. The number of Topliss-reactive ketones (excluding diaryl/α,β-unsaturated/α-hetero) is 1. The Kier molecular flexibility index (Phi) is 2.90. The summed E-state index contributed by atoms with van der Waals surface area (Å²) in [4.78, 5) is 10.9. The van der Waals surface area contributed by atoms with Crippen LogP contribution in [0.15, 0.2) is 30.5 Å². The van der Waals surface area contributed by atoms with Gasteiger partial charge in [-0.2, -0.15) is 13.2 Å². The first-order valence-electron chi connectivity index (χ1n) is 4.99. The van der Waals surface area contributed by atoms with E-state index in [9.17, 15) is 18.0 Å². The molecule has 0 aliphatic carbocycles. The van der Waals surface area contributed by atoms with Crippen LogP contribution in [0.4, 0.5) is 13.2 Å². The zero-order valence-electron chi connectivity index (χ0n) is 9.27. The van der Waals surface area contributed by atoms with E-state index >= 15 is 0 Å². The molecule has 0 N–H and O–H groups in total. The van der Waals surface area contributed by atoms with Gasteiger partial charge >= 0.3 is 6.18 Å². The molecule has 0 radical (unpaired) electrons. The van der Waals surface area contributed by atoms with Gasteiger partial charge in [0.15, 0.2) is 5.69 Å². The van der Waals surface area contributed by atoms with Crippen molar-refractivity contribution in [1.29, 1.82) is 0 Å². The minimum atomic E-state index is -4.94. The van der Waals surface area contributed by atoms with Crippen LogP contribution in [0.2, 0.25) is 0 Å². The van der Waals surface area contributed by atoms with Crippen LogP contribution in [-0.4, -0.2) is 27.0 Å². The summed E-state index contributed by atoms with van der Waals surface area (Å²) in [7, 11) is 0. The molecule has 0 saturated carbocycles. The van der Waals surface area contributed by atoms with Gasteiger partial charge in [-0.25, -0.2) is 4.68 Å². The number of carbonyl (C=O) groups is 1. The maximum atomic E-state index is 12.2. The number of benzene rings is 1. The van der Waals surface area contributed by atoms with E-state index in [0.29, 0.717) is 5.69 Å². The van der Waals surface area contributed by atoms with Gasteiger partial charge in [0.2, 0.25) is 0 Å². The smallest absolute Gasteiger partial charge is 0.282 e. The Bertz CT molecular complexity index is 589. The lowest BCUT2D eigenvalue weighted by molar-refractivity contribution is -0.0888. The molecule has 0 spiro atoms. The summed E-state index contributed by atoms with van der Waals surface area (Å²) in [5.41, 5.74) is 0.749. The number of ketones is 1. The number of carbonyl (C=O) groups excluding carboxylic acids is 1. The van der Waals surface area contributed by atoms with Gasteiger partial charge in [0, 0.05) is 0 Å². The van der Waals surface area contributed by atoms with Gasteiger partial charge in [0.05, 0.1) is 11.9 Å². The van der Waals surface area contributed by atoms with Crippen molar-refractivity contribution in [3.8, 4) is 5.69 Å². The molecule has 0 atom stereocenters. The van der Waals surface area contributed by atoms with Gasteiger partial charge in [0.25, 0.3) is 5.78 Å². The Morgan fingerprint density at radius 2 is 2.06 bits per heavy atom. The molecule has 0 aliphatic rings. The van der Waals surface area contributed by atoms with E-state index in [1.165, 1.54) is 0 Å². The average molecular weight is 255 g/mol. The third-order valence-corrected chi connectivity index (χ3v) is 2.25. The molecule has 0 aliphatic heterocycles. The summed E-state index contributed by atoms with van der Waals surface area (Å²) in [6, 6.07) is 6.94. The molecule has 1 aromatic carbocycles. The van der Waals surface area contributed by atoms with Gasteiger partial charge in [-0.3, -0.25) is 4.79 Å². The van der Waals surface area contributed by atoms with Crippen LogP contribution >= 0.6 is 0 Å². The molecule has 7 heteroatoms. The Labute approximate surface area is 100 Å². The van der Waals surface area contributed by atoms with Crippen LogP contribution in [0.1, 0.15) is 16.1 Å². The zero-order chi connectivity index (χ0) is 13.3. The standard InChI is InChI=1S/C11H8F3N3O/c1-7-3-2-4-8(5-7)17-6-9(15-16-17)10(18)11(12,13)14/h2-6H,1H3. The highest BCUT2D eigenvalue weighted by Gasteiger charge is 2.41. The van der Waals surface area contributed by atoms with E-state index in [2.05, 4.69) is 10.3 Å². The Morgan fingerprint density at radius 3 is 2.67 bits per heavy atom. The summed E-state index contributed by atoms with van der Waals surface area (Å²) in [5.74, 6) is -2.00. The molecule has 0 bridgehead atoms. The predicted molar refractivity (Wildman–Crippen MR) is 56.5 cm³/mol. The maximum absolute atomic E-state index is 12.2. The Balaban J connectivity index is 2.34. The molecule has 1 aromatic heterocycles. The molecule has 18 heavy (non-hydrogen) atoms. The molecule has 0 saturated heterocycles. The van der Waals surface area contributed by atoms with E-state index in [4.69, 9.17) is 0 Å². The number of alkyl halides is 3. The zero-order valence-corrected chi connectivity index (χ0v) is 9.27. The number of hydrogen-bond acceptors (Lipinski definition) is 3. The molecule has 2 rings (SSSR count). The van der Waals surface area contributed by atoms with E-state index in [1.54, 1.807) is 18.2 Å². The maximum Gasteiger partial charge on any atom is 0.456 e. The summed E-state index contributed by atoms with van der Waals surface area (Å²) in [5, 5.41) is 6.74. The lowest BCUT2D eigenvalue weighted by atomic mass is 10.2. The first-order chi connectivity index (χ1) is 8.38. The van der Waals surface area contributed by atoms with Gasteiger partial charge < -0.3 is 0 Å². The van der Waals surface area contributed by atoms with Crippen molar-refractivity contribution in [2.45, 2.75) is 13.1 Å². The second-order valence-corrected chi connectivity index (χ2v) is 3.71.